The van der Waals surface area contributed by atoms with E-state index in [2.05, 4.69) is 38.1 Å². The molecule has 2 rings (SSSR count). The first-order valence-electron chi connectivity index (χ1n) is 10.8. The Kier molecular flexibility index (Phi) is 17.4. The number of rotatable bonds is 22. The van der Waals surface area contributed by atoms with Crippen LogP contribution < -0.4 is 14.2 Å². The van der Waals surface area contributed by atoms with Gasteiger partial charge >= 0.3 is 0 Å². The van der Waals surface area contributed by atoms with Gasteiger partial charge in [0.05, 0.1) is 25.5 Å². The van der Waals surface area contributed by atoms with Crippen molar-refractivity contribution in [1.29, 1.82) is 0 Å². The molecule has 17 heteroatoms. The largest absolute Gasteiger partial charge is 0.489 e. The van der Waals surface area contributed by atoms with Crippen LogP contribution in [0, 0.1) is 6.92 Å². The molecule has 0 spiro atoms. The smallest absolute Gasteiger partial charge is 0.203 e. The molecule has 0 aliphatic carbocycles. The molecule has 0 atom stereocenters. The normalized spacial score (nSPS) is 11.0. The van der Waals surface area contributed by atoms with Crippen LogP contribution in [0.1, 0.15) is 25.1 Å². The maximum atomic E-state index is 8.24. The van der Waals surface area contributed by atoms with E-state index in [0.29, 0.717) is 85.1 Å². The van der Waals surface area contributed by atoms with Gasteiger partial charge in [-0.1, -0.05) is 15.1 Å². The fourth-order valence-electron chi connectivity index (χ4n) is 2.76. The molecule has 3 N–H and O–H groups in total. The predicted octanol–water partition coefficient (Wildman–Crippen LogP) is 4.97. The summed E-state index contributed by atoms with van der Waals surface area (Å²) in [6, 6.07) is 5.40. The highest BCUT2D eigenvalue weighted by Gasteiger charge is 2.18. The van der Waals surface area contributed by atoms with Crippen LogP contribution in [-0.4, -0.2) is 62.8 Å². The number of hydrogen-bond donors (Lipinski definition) is 3. The van der Waals surface area contributed by atoms with Crippen molar-refractivity contribution < 1.29 is 58.1 Å². The van der Waals surface area contributed by atoms with E-state index in [0.717, 1.165) is 41.7 Å². The Balaban J connectivity index is 2.22. The molecule has 0 unspecified atom stereocenters. The summed E-state index contributed by atoms with van der Waals surface area (Å²) in [5, 5.41) is 35.4. The zero-order valence-electron chi connectivity index (χ0n) is 19.8. The van der Waals surface area contributed by atoms with E-state index in [-0.39, 0.29) is 0 Å². The minimum absolute atomic E-state index is 0.301. The number of nitrogens with zero attached hydrogens (tertiary/aromatic N) is 2. The van der Waals surface area contributed by atoms with Crippen molar-refractivity contribution in [3.8, 4) is 28.5 Å². The second-order valence-corrected chi connectivity index (χ2v) is 9.13. The highest BCUT2D eigenvalue weighted by atomic mass is 32.2. The Morgan fingerprint density at radius 2 is 1.22 bits per heavy atom. The second kappa shape index (κ2) is 20.4. The first kappa shape index (κ1) is 31.6. The predicted molar refractivity (Wildman–Crippen MR) is 134 cm³/mol. The fraction of sp³-hybridized carbons (Fsp3) is 0.500. The summed E-state index contributed by atoms with van der Waals surface area (Å²) in [5.74, 6) is 3.42. The van der Waals surface area contributed by atoms with Gasteiger partial charge in [0.15, 0.2) is 11.5 Å². The Morgan fingerprint density at radius 1 is 0.730 bits per heavy atom. The highest BCUT2D eigenvalue weighted by Crippen LogP contribution is 2.42. The SMILES string of the molecule is Cc1nccc(-c2cc(OCCCSOOO)c(OCCCSOOO)c(OCCCSOOO)c2)n1. The van der Waals surface area contributed by atoms with Crippen LogP contribution >= 0.6 is 36.1 Å². The van der Waals surface area contributed by atoms with Gasteiger partial charge in [0.25, 0.3) is 0 Å². The summed E-state index contributed by atoms with van der Waals surface area (Å²) >= 11 is 2.80. The summed E-state index contributed by atoms with van der Waals surface area (Å²) in [5.41, 5.74) is 1.42. The van der Waals surface area contributed by atoms with E-state index in [1.807, 2.05) is 12.1 Å². The van der Waals surface area contributed by atoms with E-state index in [9.17, 15) is 0 Å². The van der Waals surface area contributed by atoms with Gasteiger partial charge in [-0.2, -0.15) is 0 Å². The summed E-state index contributed by atoms with van der Waals surface area (Å²) in [4.78, 5) is 8.64. The molecule has 37 heavy (non-hydrogen) atoms. The van der Waals surface area contributed by atoms with Crippen LogP contribution in [0.25, 0.3) is 11.3 Å². The first-order valence-corrected chi connectivity index (χ1v) is 13.6. The zero-order chi connectivity index (χ0) is 26.6. The molecule has 0 saturated heterocycles. The summed E-state index contributed by atoms with van der Waals surface area (Å²) < 4.78 is 31.2. The average molecular weight is 585 g/mol. The minimum atomic E-state index is 0.301. The maximum absolute atomic E-state index is 8.24. The quantitative estimate of drug-likeness (QED) is 0.0733. The molecule has 0 amide bonds. The molecule has 0 bridgehead atoms. The maximum Gasteiger partial charge on any atom is 0.203 e. The third-order valence-corrected chi connectivity index (χ3v) is 6.04. The average Bonchev–Trinajstić information content (AvgIpc) is 2.90. The van der Waals surface area contributed by atoms with Crippen molar-refractivity contribution in [2.45, 2.75) is 26.2 Å². The van der Waals surface area contributed by atoms with Crippen LogP contribution in [0.5, 0.6) is 17.2 Å². The molecule has 1 aromatic heterocycles. The third kappa shape index (κ3) is 13.1. The standard InChI is InChI=1S/C20H28N2O12S3/c1-15-21-6-5-17(22-15)16-13-18(26-7-2-10-35-32-29-23)20(28-9-4-12-37-34-31-25)19(14-16)27-8-3-11-36-33-30-24/h5-6,13-14,23-25H,2-4,7-12H2,1H3. The number of hydrogen-bond acceptors (Lipinski definition) is 17. The van der Waals surface area contributed by atoms with Crippen LogP contribution in [0.4, 0.5) is 0 Å². The van der Waals surface area contributed by atoms with Crippen LogP contribution in [0.15, 0.2) is 24.4 Å². The van der Waals surface area contributed by atoms with E-state index in [4.69, 9.17) is 30.0 Å². The van der Waals surface area contributed by atoms with E-state index in [1.54, 1.807) is 19.2 Å². The molecular weight excluding hydrogens is 556 g/mol. The monoisotopic (exact) mass is 584 g/mol. The molecule has 1 aromatic carbocycles. The van der Waals surface area contributed by atoms with Gasteiger partial charge in [0.1, 0.15) is 5.82 Å². The van der Waals surface area contributed by atoms with Crippen molar-refractivity contribution >= 4 is 36.1 Å². The van der Waals surface area contributed by atoms with E-state index < -0.39 is 0 Å². The topological polar surface area (TPSA) is 170 Å². The molecule has 0 fully saturated rings. The van der Waals surface area contributed by atoms with Gasteiger partial charge in [-0.15, -0.1) is 13.0 Å². The van der Waals surface area contributed by atoms with Crippen LogP contribution in [-0.2, 0) is 28.1 Å². The van der Waals surface area contributed by atoms with Gasteiger partial charge in [-0.3, -0.25) is 0 Å². The molecule has 14 nitrogen and oxygen atoms in total. The molecule has 0 radical (unpaired) electrons. The molecule has 208 valence electrons. The summed E-state index contributed by atoms with van der Waals surface area (Å²) in [6.45, 7) is 2.73. The van der Waals surface area contributed by atoms with Gasteiger partial charge in [-0.05, 0) is 44.4 Å². The van der Waals surface area contributed by atoms with Crippen molar-refractivity contribution in [3.05, 3.63) is 30.2 Å². The summed E-state index contributed by atoms with van der Waals surface area (Å²) in [7, 11) is 0. The first-order chi connectivity index (χ1) is 18.2. The van der Waals surface area contributed by atoms with Crippen LogP contribution in [0.2, 0.25) is 0 Å². The number of aromatic nitrogens is 2. The van der Waals surface area contributed by atoms with Crippen molar-refractivity contribution in [3.63, 3.8) is 0 Å². The third-order valence-electron chi connectivity index (χ3n) is 4.21. The molecule has 0 saturated carbocycles. The van der Waals surface area contributed by atoms with Crippen LogP contribution in [0.3, 0.4) is 0 Å². The van der Waals surface area contributed by atoms with Gasteiger partial charge in [0, 0.05) is 65.1 Å². The zero-order valence-corrected chi connectivity index (χ0v) is 22.3. The van der Waals surface area contributed by atoms with Crippen molar-refractivity contribution in [2.24, 2.45) is 0 Å². The van der Waals surface area contributed by atoms with Crippen molar-refractivity contribution in [2.75, 3.05) is 37.1 Å². The van der Waals surface area contributed by atoms with Gasteiger partial charge in [0.2, 0.25) is 5.75 Å². The fourth-order valence-corrected chi connectivity index (χ4v) is 3.80. The number of ether oxygens (including phenoxy) is 3. The lowest BCUT2D eigenvalue weighted by molar-refractivity contribution is -0.432. The van der Waals surface area contributed by atoms with Gasteiger partial charge in [-0.25, -0.2) is 25.7 Å². The van der Waals surface area contributed by atoms with Crippen molar-refractivity contribution in [1.82, 2.24) is 9.97 Å². The van der Waals surface area contributed by atoms with E-state index >= 15 is 0 Å². The minimum Gasteiger partial charge on any atom is -0.489 e. The molecular formula is C20H28N2O12S3. The number of aryl methyl sites for hydroxylation is 1. The molecule has 0 aliphatic heterocycles. The highest BCUT2D eigenvalue weighted by molar-refractivity contribution is 7.94. The lowest BCUT2D eigenvalue weighted by atomic mass is 10.1. The Labute approximate surface area is 226 Å². The summed E-state index contributed by atoms with van der Waals surface area (Å²) in [6.07, 6.45) is 3.41. The lowest BCUT2D eigenvalue weighted by Crippen LogP contribution is -2.08. The molecule has 1 heterocycles. The molecule has 2 aromatic rings. The second-order valence-electron chi connectivity index (χ2n) is 6.79. The Morgan fingerprint density at radius 3 is 1.68 bits per heavy atom. The lowest BCUT2D eigenvalue weighted by Gasteiger charge is -2.19. The van der Waals surface area contributed by atoms with Gasteiger partial charge < -0.3 is 14.2 Å². The Bertz CT molecular complexity index is 849. The number of benzene rings is 1. The Hall–Kier alpha value is -1.61. The molecule has 0 aliphatic rings. The van der Waals surface area contributed by atoms with E-state index in [1.165, 1.54) is 0 Å².